The molecular formula is C20H27ClN2O4S. The summed E-state index contributed by atoms with van der Waals surface area (Å²) in [5.74, 6) is -0.187. The standard InChI is InChI=1S/C20H27ClN2O4S/c1-2-10-23(18-9-12-28(26,27)14-18)20(25)16-4-3-11-22(13-16)19(24)15-5-7-17(21)8-6-15/h5-8,16,18H,2-4,9-14H2,1H3/t16-,18+/m0/s1. The minimum atomic E-state index is -3.06. The van der Waals surface area contributed by atoms with Crippen molar-refractivity contribution in [2.75, 3.05) is 31.1 Å². The fourth-order valence-electron chi connectivity index (χ4n) is 4.11. The van der Waals surface area contributed by atoms with Crippen molar-refractivity contribution in [1.82, 2.24) is 9.80 Å². The van der Waals surface area contributed by atoms with Crippen LogP contribution in [-0.4, -0.2) is 67.2 Å². The molecule has 1 aromatic rings. The first-order chi connectivity index (χ1) is 13.3. The number of benzene rings is 1. The largest absolute Gasteiger partial charge is 0.338 e. The predicted octanol–water partition coefficient (Wildman–Crippen LogP) is 2.62. The van der Waals surface area contributed by atoms with Crippen LogP contribution >= 0.6 is 11.6 Å². The van der Waals surface area contributed by atoms with Crippen LogP contribution in [0.1, 0.15) is 43.0 Å². The number of hydrogen-bond acceptors (Lipinski definition) is 4. The molecule has 0 aliphatic carbocycles. The lowest BCUT2D eigenvalue weighted by atomic mass is 9.95. The van der Waals surface area contributed by atoms with Gasteiger partial charge in [0.05, 0.1) is 17.4 Å². The van der Waals surface area contributed by atoms with E-state index in [1.807, 2.05) is 6.92 Å². The average Bonchev–Trinajstić information content (AvgIpc) is 3.05. The van der Waals surface area contributed by atoms with E-state index in [0.29, 0.717) is 36.6 Å². The van der Waals surface area contributed by atoms with Crippen LogP contribution in [0.15, 0.2) is 24.3 Å². The molecule has 2 fully saturated rings. The number of amides is 2. The van der Waals surface area contributed by atoms with Crippen LogP contribution in [0.5, 0.6) is 0 Å². The van der Waals surface area contributed by atoms with Gasteiger partial charge in [-0.25, -0.2) is 8.42 Å². The smallest absolute Gasteiger partial charge is 0.253 e. The summed E-state index contributed by atoms with van der Waals surface area (Å²) in [5, 5.41) is 0.574. The zero-order chi connectivity index (χ0) is 20.3. The predicted molar refractivity (Wildman–Crippen MR) is 109 cm³/mol. The highest BCUT2D eigenvalue weighted by atomic mass is 35.5. The number of rotatable bonds is 5. The van der Waals surface area contributed by atoms with Gasteiger partial charge in [-0.2, -0.15) is 0 Å². The second-order valence-electron chi connectivity index (χ2n) is 7.69. The normalized spacial score (nSPS) is 24.1. The van der Waals surface area contributed by atoms with Crippen molar-refractivity contribution in [3.8, 4) is 0 Å². The Morgan fingerprint density at radius 1 is 1.21 bits per heavy atom. The summed E-state index contributed by atoms with van der Waals surface area (Å²) in [6, 6.07) is 6.53. The first-order valence-electron chi connectivity index (χ1n) is 9.86. The minimum Gasteiger partial charge on any atom is -0.338 e. The molecule has 0 N–H and O–H groups in total. The highest BCUT2D eigenvalue weighted by Crippen LogP contribution is 2.25. The summed E-state index contributed by atoms with van der Waals surface area (Å²) in [7, 11) is -3.06. The Balaban J connectivity index is 1.70. The summed E-state index contributed by atoms with van der Waals surface area (Å²) < 4.78 is 23.7. The molecule has 0 aromatic heterocycles. The Kier molecular flexibility index (Phi) is 6.65. The molecule has 0 saturated carbocycles. The Labute approximate surface area is 171 Å². The SMILES string of the molecule is CCCN(C(=O)[C@H]1CCCN(C(=O)c2ccc(Cl)cc2)C1)[C@@H]1CCS(=O)(=O)C1. The summed E-state index contributed by atoms with van der Waals surface area (Å²) in [4.78, 5) is 29.5. The second kappa shape index (κ2) is 8.82. The maximum absolute atomic E-state index is 13.2. The zero-order valence-corrected chi connectivity index (χ0v) is 17.7. The third-order valence-corrected chi connectivity index (χ3v) is 7.55. The number of hydrogen-bond donors (Lipinski definition) is 0. The van der Waals surface area contributed by atoms with E-state index in [1.165, 1.54) is 0 Å². The van der Waals surface area contributed by atoms with Crippen LogP contribution in [0.2, 0.25) is 5.02 Å². The molecule has 2 aliphatic rings. The van der Waals surface area contributed by atoms with E-state index in [0.717, 1.165) is 19.3 Å². The highest BCUT2D eigenvalue weighted by molar-refractivity contribution is 7.91. The molecule has 0 radical (unpaired) electrons. The quantitative estimate of drug-likeness (QED) is 0.725. The van der Waals surface area contributed by atoms with E-state index < -0.39 is 9.84 Å². The maximum Gasteiger partial charge on any atom is 0.253 e. The Hall–Kier alpha value is -1.60. The lowest BCUT2D eigenvalue weighted by molar-refractivity contribution is -0.139. The number of piperidine rings is 1. The Bertz CT molecular complexity index is 825. The van der Waals surface area contributed by atoms with Crippen LogP contribution in [0.4, 0.5) is 0 Å². The Morgan fingerprint density at radius 3 is 2.54 bits per heavy atom. The third kappa shape index (κ3) is 4.87. The first-order valence-corrected chi connectivity index (χ1v) is 12.1. The summed E-state index contributed by atoms with van der Waals surface area (Å²) in [6.07, 6.45) is 2.78. The fourth-order valence-corrected chi connectivity index (χ4v) is 5.96. The van der Waals surface area contributed by atoms with Gasteiger partial charge in [0.15, 0.2) is 9.84 Å². The minimum absolute atomic E-state index is 0.0162. The maximum atomic E-state index is 13.2. The zero-order valence-electron chi connectivity index (χ0n) is 16.1. The number of carbonyl (C=O) groups excluding carboxylic acids is 2. The summed E-state index contributed by atoms with van der Waals surface area (Å²) >= 11 is 5.90. The molecule has 154 valence electrons. The van der Waals surface area contributed by atoms with Crippen molar-refractivity contribution in [3.63, 3.8) is 0 Å². The van der Waals surface area contributed by atoms with Gasteiger partial charge in [0.1, 0.15) is 0 Å². The van der Waals surface area contributed by atoms with E-state index in [2.05, 4.69) is 0 Å². The van der Waals surface area contributed by atoms with Gasteiger partial charge in [0.2, 0.25) is 5.91 Å². The van der Waals surface area contributed by atoms with E-state index in [9.17, 15) is 18.0 Å². The van der Waals surface area contributed by atoms with Crippen molar-refractivity contribution in [2.24, 2.45) is 5.92 Å². The number of halogens is 1. The molecule has 2 aliphatic heterocycles. The van der Waals surface area contributed by atoms with E-state index in [1.54, 1.807) is 34.1 Å². The van der Waals surface area contributed by atoms with Crippen molar-refractivity contribution < 1.29 is 18.0 Å². The summed E-state index contributed by atoms with van der Waals surface area (Å²) in [6.45, 7) is 3.54. The van der Waals surface area contributed by atoms with Gasteiger partial charge in [-0.3, -0.25) is 9.59 Å². The van der Waals surface area contributed by atoms with Crippen molar-refractivity contribution in [1.29, 1.82) is 0 Å². The van der Waals surface area contributed by atoms with E-state index >= 15 is 0 Å². The van der Waals surface area contributed by atoms with Gasteiger partial charge in [-0.15, -0.1) is 0 Å². The second-order valence-corrected chi connectivity index (χ2v) is 10.4. The average molecular weight is 427 g/mol. The van der Waals surface area contributed by atoms with Crippen molar-refractivity contribution in [2.45, 2.75) is 38.6 Å². The Morgan fingerprint density at radius 2 is 1.93 bits per heavy atom. The monoisotopic (exact) mass is 426 g/mol. The van der Waals surface area contributed by atoms with Gasteiger partial charge < -0.3 is 9.80 Å². The molecule has 2 saturated heterocycles. The molecule has 0 bridgehead atoms. The topological polar surface area (TPSA) is 74.8 Å². The van der Waals surface area contributed by atoms with E-state index in [-0.39, 0.29) is 35.3 Å². The van der Waals surface area contributed by atoms with Crippen LogP contribution in [0.25, 0.3) is 0 Å². The lowest BCUT2D eigenvalue weighted by Crippen LogP contribution is -2.50. The number of carbonyl (C=O) groups is 2. The van der Waals surface area contributed by atoms with Crippen molar-refractivity contribution >= 4 is 33.3 Å². The van der Waals surface area contributed by atoms with Crippen LogP contribution in [-0.2, 0) is 14.6 Å². The molecule has 28 heavy (non-hydrogen) atoms. The van der Waals surface area contributed by atoms with Crippen LogP contribution < -0.4 is 0 Å². The van der Waals surface area contributed by atoms with Crippen LogP contribution in [0, 0.1) is 5.92 Å². The molecule has 2 atom stereocenters. The van der Waals surface area contributed by atoms with Gasteiger partial charge in [0, 0.05) is 36.3 Å². The van der Waals surface area contributed by atoms with Gasteiger partial charge in [-0.1, -0.05) is 18.5 Å². The fraction of sp³-hybridized carbons (Fsp3) is 0.600. The molecular weight excluding hydrogens is 400 g/mol. The molecule has 2 amide bonds. The third-order valence-electron chi connectivity index (χ3n) is 5.55. The summed E-state index contributed by atoms with van der Waals surface area (Å²) in [5.41, 5.74) is 0.560. The van der Waals surface area contributed by atoms with Gasteiger partial charge in [0.25, 0.3) is 5.91 Å². The molecule has 0 unspecified atom stereocenters. The lowest BCUT2D eigenvalue weighted by Gasteiger charge is -2.37. The van der Waals surface area contributed by atoms with Gasteiger partial charge >= 0.3 is 0 Å². The molecule has 6 nitrogen and oxygen atoms in total. The number of sulfone groups is 1. The molecule has 8 heteroatoms. The van der Waals surface area contributed by atoms with E-state index in [4.69, 9.17) is 11.6 Å². The molecule has 2 heterocycles. The molecule has 1 aromatic carbocycles. The number of nitrogens with zero attached hydrogens (tertiary/aromatic N) is 2. The molecule has 3 rings (SSSR count). The van der Waals surface area contributed by atoms with Crippen LogP contribution in [0.3, 0.4) is 0 Å². The van der Waals surface area contributed by atoms with Gasteiger partial charge in [-0.05, 0) is 49.9 Å². The van der Waals surface area contributed by atoms with Crippen molar-refractivity contribution in [3.05, 3.63) is 34.9 Å². The first kappa shape index (κ1) is 21.1. The molecule has 0 spiro atoms. The number of likely N-dealkylation sites (tertiary alicyclic amines) is 1. The highest BCUT2D eigenvalue weighted by Gasteiger charge is 2.38.